The summed E-state index contributed by atoms with van der Waals surface area (Å²) in [6.45, 7) is 7.16. The molecule has 22 heavy (non-hydrogen) atoms. The molecule has 0 saturated heterocycles. The minimum atomic E-state index is -0.884. The maximum absolute atomic E-state index is 11.7. The third-order valence-corrected chi connectivity index (χ3v) is 4.03. The fourth-order valence-electron chi connectivity index (χ4n) is 1.81. The molecular formula is C16H22ClNO4. The third-order valence-electron chi connectivity index (χ3n) is 3.43. The topological polar surface area (TPSA) is 75.6 Å². The fourth-order valence-corrected chi connectivity index (χ4v) is 1.92. The van der Waals surface area contributed by atoms with Gasteiger partial charge in [-0.25, -0.2) is 0 Å². The van der Waals surface area contributed by atoms with Crippen LogP contribution in [0.1, 0.15) is 31.4 Å². The number of rotatable bonds is 7. The Kier molecular flexibility index (Phi) is 6.23. The minimum absolute atomic E-state index is 0.117. The number of aliphatic carboxylic acids is 1. The van der Waals surface area contributed by atoms with Gasteiger partial charge in [0.05, 0.1) is 5.41 Å². The van der Waals surface area contributed by atoms with Gasteiger partial charge in [0.15, 0.2) is 6.61 Å². The molecule has 0 heterocycles. The van der Waals surface area contributed by atoms with E-state index in [0.717, 1.165) is 11.1 Å². The van der Waals surface area contributed by atoms with Crippen molar-refractivity contribution in [3.63, 3.8) is 0 Å². The minimum Gasteiger partial charge on any atom is -0.484 e. The molecule has 0 aliphatic carbocycles. The molecule has 5 nitrogen and oxygen atoms in total. The van der Waals surface area contributed by atoms with Crippen LogP contribution in [0, 0.1) is 19.3 Å². The van der Waals surface area contributed by atoms with Crippen LogP contribution in [-0.4, -0.2) is 30.1 Å². The van der Waals surface area contributed by atoms with Gasteiger partial charge in [-0.2, -0.15) is 0 Å². The fraction of sp³-hybridized carbons (Fsp3) is 0.500. The SMILES string of the molecule is Cc1cc(OCC(=O)NCCC(C)(C)C(=O)O)cc(C)c1Cl. The van der Waals surface area contributed by atoms with E-state index in [1.54, 1.807) is 26.0 Å². The lowest BCUT2D eigenvalue weighted by atomic mass is 9.90. The average Bonchev–Trinajstić information content (AvgIpc) is 2.42. The highest BCUT2D eigenvalue weighted by Crippen LogP contribution is 2.25. The van der Waals surface area contributed by atoms with Gasteiger partial charge < -0.3 is 15.2 Å². The number of hydrogen-bond acceptors (Lipinski definition) is 3. The highest BCUT2D eigenvalue weighted by Gasteiger charge is 2.26. The molecule has 0 radical (unpaired) electrons. The van der Waals surface area contributed by atoms with E-state index < -0.39 is 11.4 Å². The van der Waals surface area contributed by atoms with Crippen LogP contribution in [0.4, 0.5) is 0 Å². The van der Waals surface area contributed by atoms with Crippen LogP contribution >= 0.6 is 11.6 Å². The molecule has 1 aromatic carbocycles. The Balaban J connectivity index is 2.43. The predicted octanol–water partition coefficient (Wildman–Crippen LogP) is 2.95. The number of carbonyl (C=O) groups excluding carboxylic acids is 1. The summed E-state index contributed by atoms with van der Waals surface area (Å²) >= 11 is 6.07. The van der Waals surface area contributed by atoms with Gasteiger partial charge in [0.1, 0.15) is 5.75 Å². The lowest BCUT2D eigenvalue weighted by Crippen LogP contribution is -2.34. The van der Waals surface area contributed by atoms with E-state index >= 15 is 0 Å². The molecule has 0 atom stereocenters. The Hall–Kier alpha value is -1.75. The highest BCUT2D eigenvalue weighted by molar-refractivity contribution is 6.32. The first-order valence-corrected chi connectivity index (χ1v) is 7.41. The van der Waals surface area contributed by atoms with E-state index in [2.05, 4.69) is 5.32 Å². The van der Waals surface area contributed by atoms with E-state index in [1.165, 1.54) is 0 Å². The molecule has 0 fully saturated rings. The van der Waals surface area contributed by atoms with Crippen LogP contribution in [-0.2, 0) is 9.59 Å². The summed E-state index contributed by atoms with van der Waals surface area (Å²) in [4.78, 5) is 22.6. The van der Waals surface area contributed by atoms with Crippen LogP contribution < -0.4 is 10.1 Å². The molecule has 0 aliphatic heterocycles. The van der Waals surface area contributed by atoms with Crippen LogP contribution in [0.25, 0.3) is 0 Å². The molecule has 0 spiro atoms. The number of carboxylic acid groups (broad SMARTS) is 1. The van der Waals surface area contributed by atoms with Gasteiger partial charge in [-0.15, -0.1) is 0 Å². The first-order valence-electron chi connectivity index (χ1n) is 7.03. The molecule has 0 unspecified atom stereocenters. The maximum atomic E-state index is 11.7. The summed E-state index contributed by atoms with van der Waals surface area (Å²) in [5.74, 6) is -0.586. The Morgan fingerprint density at radius 2 is 1.82 bits per heavy atom. The number of hydrogen-bond donors (Lipinski definition) is 2. The molecule has 1 aromatic rings. The van der Waals surface area contributed by atoms with Crippen molar-refractivity contribution in [2.45, 2.75) is 34.1 Å². The van der Waals surface area contributed by atoms with E-state index in [0.29, 0.717) is 23.7 Å². The zero-order valence-corrected chi connectivity index (χ0v) is 14.1. The third kappa shape index (κ3) is 5.22. The van der Waals surface area contributed by atoms with Crippen molar-refractivity contribution in [1.29, 1.82) is 0 Å². The van der Waals surface area contributed by atoms with Crippen molar-refractivity contribution in [2.24, 2.45) is 5.41 Å². The number of nitrogens with one attached hydrogen (secondary N) is 1. The first-order chi connectivity index (χ1) is 10.1. The second-order valence-electron chi connectivity index (χ2n) is 5.95. The highest BCUT2D eigenvalue weighted by atomic mass is 35.5. The van der Waals surface area contributed by atoms with Crippen LogP contribution in [0.2, 0.25) is 5.02 Å². The van der Waals surface area contributed by atoms with Gasteiger partial charge in [-0.3, -0.25) is 9.59 Å². The maximum Gasteiger partial charge on any atom is 0.309 e. The molecule has 0 aromatic heterocycles. The summed E-state index contributed by atoms with van der Waals surface area (Å²) in [6, 6.07) is 3.55. The van der Waals surface area contributed by atoms with Crippen LogP contribution in [0.3, 0.4) is 0 Å². The van der Waals surface area contributed by atoms with Gasteiger partial charge in [0.2, 0.25) is 0 Å². The van der Waals surface area contributed by atoms with Crippen molar-refractivity contribution in [3.8, 4) is 5.75 Å². The average molecular weight is 328 g/mol. The van der Waals surface area contributed by atoms with E-state index in [1.807, 2.05) is 13.8 Å². The smallest absolute Gasteiger partial charge is 0.309 e. The number of ether oxygens (including phenoxy) is 1. The van der Waals surface area contributed by atoms with Crippen molar-refractivity contribution >= 4 is 23.5 Å². The van der Waals surface area contributed by atoms with Crippen molar-refractivity contribution < 1.29 is 19.4 Å². The molecule has 0 aliphatic rings. The zero-order chi connectivity index (χ0) is 16.9. The van der Waals surface area contributed by atoms with Crippen molar-refractivity contribution in [2.75, 3.05) is 13.2 Å². The van der Waals surface area contributed by atoms with Gasteiger partial charge in [-0.1, -0.05) is 11.6 Å². The van der Waals surface area contributed by atoms with E-state index in [9.17, 15) is 9.59 Å². The first kappa shape index (κ1) is 18.3. The van der Waals surface area contributed by atoms with E-state index in [-0.39, 0.29) is 12.5 Å². The number of amides is 1. The number of carboxylic acids is 1. The van der Waals surface area contributed by atoms with Crippen LogP contribution in [0.5, 0.6) is 5.75 Å². The zero-order valence-electron chi connectivity index (χ0n) is 13.3. The van der Waals surface area contributed by atoms with Gasteiger partial charge in [0, 0.05) is 11.6 Å². The monoisotopic (exact) mass is 327 g/mol. The van der Waals surface area contributed by atoms with Gasteiger partial charge in [-0.05, 0) is 57.4 Å². The molecule has 0 saturated carbocycles. The summed E-state index contributed by atoms with van der Waals surface area (Å²) in [6.07, 6.45) is 0.354. The lowest BCUT2D eigenvalue weighted by Gasteiger charge is -2.19. The number of aryl methyl sites for hydroxylation is 2. The van der Waals surface area contributed by atoms with Crippen LogP contribution in [0.15, 0.2) is 12.1 Å². The Morgan fingerprint density at radius 3 is 2.32 bits per heavy atom. The van der Waals surface area contributed by atoms with Gasteiger partial charge in [0.25, 0.3) is 5.91 Å². The Morgan fingerprint density at radius 1 is 1.27 bits per heavy atom. The Labute approximate surface area is 135 Å². The quantitative estimate of drug-likeness (QED) is 0.807. The number of benzene rings is 1. The summed E-state index contributed by atoms with van der Waals surface area (Å²) in [7, 11) is 0. The molecular weight excluding hydrogens is 306 g/mol. The number of carbonyl (C=O) groups is 2. The second-order valence-corrected chi connectivity index (χ2v) is 6.33. The predicted molar refractivity (Wildman–Crippen MR) is 85.5 cm³/mol. The van der Waals surface area contributed by atoms with E-state index in [4.69, 9.17) is 21.4 Å². The summed E-state index contributed by atoms with van der Waals surface area (Å²) in [5.41, 5.74) is 0.916. The largest absolute Gasteiger partial charge is 0.484 e. The van der Waals surface area contributed by atoms with Gasteiger partial charge >= 0.3 is 5.97 Å². The molecule has 6 heteroatoms. The molecule has 122 valence electrons. The summed E-state index contributed by atoms with van der Waals surface area (Å²) < 4.78 is 5.43. The second kappa shape index (κ2) is 7.49. The normalized spacial score (nSPS) is 11.1. The molecule has 1 rings (SSSR count). The lowest BCUT2D eigenvalue weighted by molar-refractivity contribution is -0.147. The molecule has 0 bridgehead atoms. The van der Waals surface area contributed by atoms with Crippen molar-refractivity contribution in [1.82, 2.24) is 5.32 Å². The standard InChI is InChI=1S/C16H22ClNO4/c1-10-7-12(8-11(2)14(10)17)22-9-13(19)18-6-5-16(3,4)15(20)21/h7-8H,5-6,9H2,1-4H3,(H,18,19)(H,20,21). The molecule has 1 amide bonds. The summed E-state index contributed by atoms with van der Waals surface area (Å²) in [5, 5.41) is 12.3. The molecule has 2 N–H and O–H groups in total. The Bertz CT molecular complexity index is 546. The number of halogens is 1. The van der Waals surface area contributed by atoms with Crippen molar-refractivity contribution in [3.05, 3.63) is 28.3 Å².